The molecule has 0 saturated heterocycles. The first-order valence-corrected chi connectivity index (χ1v) is 6.77. The number of amides is 1. The third-order valence-electron chi connectivity index (χ3n) is 3.11. The van der Waals surface area contributed by atoms with E-state index in [1.807, 2.05) is 20.8 Å². The van der Waals surface area contributed by atoms with Gasteiger partial charge in [-0.1, -0.05) is 18.5 Å². The van der Waals surface area contributed by atoms with Crippen LogP contribution in [-0.2, 0) is 4.79 Å². The standard InChI is InChI=1S/C14H19ClF2N2O/c1-5-14(3,4)19-13(20)8(2)18-12-10(15)6-9(16)7-11(12)17/h6-8,18H,5H2,1-4H3,(H,19,20). The van der Waals surface area contributed by atoms with Gasteiger partial charge < -0.3 is 10.6 Å². The van der Waals surface area contributed by atoms with Gasteiger partial charge in [-0.15, -0.1) is 0 Å². The first-order valence-electron chi connectivity index (χ1n) is 6.39. The number of rotatable bonds is 5. The minimum absolute atomic E-state index is 0.0787. The number of carbonyl (C=O) groups excluding carboxylic acids is 1. The van der Waals surface area contributed by atoms with Gasteiger partial charge in [-0.3, -0.25) is 4.79 Å². The molecule has 1 atom stereocenters. The van der Waals surface area contributed by atoms with E-state index in [4.69, 9.17) is 11.6 Å². The number of benzene rings is 1. The molecule has 20 heavy (non-hydrogen) atoms. The summed E-state index contributed by atoms with van der Waals surface area (Å²) < 4.78 is 26.6. The molecule has 1 unspecified atom stereocenters. The molecular weight excluding hydrogens is 286 g/mol. The first-order chi connectivity index (χ1) is 9.16. The maximum Gasteiger partial charge on any atom is 0.242 e. The molecule has 0 spiro atoms. The Morgan fingerprint density at radius 2 is 2.00 bits per heavy atom. The second-order valence-corrected chi connectivity index (χ2v) is 5.74. The molecule has 1 aromatic carbocycles. The van der Waals surface area contributed by atoms with Crippen LogP contribution in [0.3, 0.4) is 0 Å². The maximum absolute atomic E-state index is 13.6. The van der Waals surface area contributed by atoms with Crippen LogP contribution in [0, 0.1) is 11.6 Å². The van der Waals surface area contributed by atoms with Gasteiger partial charge in [0, 0.05) is 11.6 Å². The second-order valence-electron chi connectivity index (χ2n) is 5.34. The highest BCUT2D eigenvalue weighted by Crippen LogP contribution is 2.27. The molecule has 0 aliphatic heterocycles. The predicted octanol–water partition coefficient (Wildman–Crippen LogP) is 3.72. The van der Waals surface area contributed by atoms with Crippen molar-refractivity contribution in [3.05, 3.63) is 28.8 Å². The van der Waals surface area contributed by atoms with E-state index < -0.39 is 17.7 Å². The molecule has 112 valence electrons. The quantitative estimate of drug-likeness (QED) is 0.870. The summed E-state index contributed by atoms with van der Waals surface area (Å²) in [7, 11) is 0. The Balaban J connectivity index is 2.81. The molecule has 1 amide bonds. The smallest absolute Gasteiger partial charge is 0.242 e. The molecule has 0 aliphatic carbocycles. The number of hydrogen-bond donors (Lipinski definition) is 2. The van der Waals surface area contributed by atoms with Gasteiger partial charge in [-0.2, -0.15) is 0 Å². The van der Waals surface area contributed by atoms with Crippen LogP contribution in [0.25, 0.3) is 0 Å². The largest absolute Gasteiger partial charge is 0.370 e. The van der Waals surface area contributed by atoms with Crippen molar-refractivity contribution in [3.8, 4) is 0 Å². The molecular formula is C14H19ClF2N2O. The van der Waals surface area contributed by atoms with Crippen LogP contribution in [0.1, 0.15) is 34.1 Å². The molecule has 0 bridgehead atoms. The average Bonchev–Trinajstić information content (AvgIpc) is 2.32. The first kappa shape index (κ1) is 16.7. The summed E-state index contributed by atoms with van der Waals surface area (Å²) in [4.78, 5) is 12.0. The topological polar surface area (TPSA) is 41.1 Å². The summed E-state index contributed by atoms with van der Waals surface area (Å²) in [6.07, 6.45) is 0.761. The zero-order chi connectivity index (χ0) is 15.5. The van der Waals surface area contributed by atoms with Crippen LogP contribution in [0.5, 0.6) is 0 Å². The van der Waals surface area contributed by atoms with Crippen LogP contribution in [-0.4, -0.2) is 17.5 Å². The Bertz CT molecular complexity index is 483. The lowest BCUT2D eigenvalue weighted by molar-refractivity contribution is -0.123. The van der Waals surface area contributed by atoms with Gasteiger partial charge in [-0.25, -0.2) is 8.78 Å². The minimum atomic E-state index is -0.829. The highest BCUT2D eigenvalue weighted by atomic mass is 35.5. The van der Waals surface area contributed by atoms with Gasteiger partial charge in [0.05, 0.1) is 10.7 Å². The fourth-order valence-corrected chi connectivity index (χ4v) is 1.74. The SMILES string of the molecule is CCC(C)(C)NC(=O)C(C)Nc1c(F)cc(F)cc1Cl. The van der Waals surface area contributed by atoms with Crippen molar-refractivity contribution >= 4 is 23.2 Å². The van der Waals surface area contributed by atoms with Gasteiger partial charge in [-0.05, 0) is 33.3 Å². The second kappa shape index (κ2) is 6.39. The van der Waals surface area contributed by atoms with E-state index in [-0.39, 0.29) is 22.2 Å². The van der Waals surface area contributed by atoms with Crippen LogP contribution in [0.15, 0.2) is 12.1 Å². The Morgan fingerprint density at radius 1 is 1.40 bits per heavy atom. The van der Waals surface area contributed by atoms with Crippen molar-refractivity contribution in [1.82, 2.24) is 5.32 Å². The summed E-state index contributed by atoms with van der Waals surface area (Å²) in [5.74, 6) is -1.87. The van der Waals surface area contributed by atoms with E-state index in [1.54, 1.807) is 6.92 Å². The number of halogens is 3. The molecule has 0 radical (unpaired) electrons. The Morgan fingerprint density at radius 3 is 2.50 bits per heavy atom. The van der Waals surface area contributed by atoms with E-state index in [2.05, 4.69) is 10.6 Å². The van der Waals surface area contributed by atoms with Crippen LogP contribution < -0.4 is 10.6 Å². The van der Waals surface area contributed by atoms with Gasteiger partial charge in [0.2, 0.25) is 5.91 Å². The number of carbonyl (C=O) groups is 1. The number of nitrogens with one attached hydrogen (secondary N) is 2. The number of hydrogen-bond acceptors (Lipinski definition) is 2. The third-order valence-corrected chi connectivity index (χ3v) is 3.40. The van der Waals surface area contributed by atoms with Crippen molar-refractivity contribution in [3.63, 3.8) is 0 Å². The van der Waals surface area contributed by atoms with E-state index in [0.717, 1.165) is 18.6 Å². The summed E-state index contributed by atoms with van der Waals surface area (Å²) in [5, 5.41) is 5.40. The van der Waals surface area contributed by atoms with E-state index in [1.165, 1.54) is 0 Å². The summed E-state index contributed by atoms with van der Waals surface area (Å²) in [5.41, 5.74) is -0.428. The zero-order valence-corrected chi connectivity index (χ0v) is 12.7. The molecule has 0 heterocycles. The summed E-state index contributed by atoms with van der Waals surface area (Å²) in [6.45, 7) is 7.32. The zero-order valence-electron chi connectivity index (χ0n) is 12.0. The van der Waals surface area contributed by atoms with Gasteiger partial charge in [0.15, 0.2) is 5.82 Å². The molecule has 0 saturated carbocycles. The van der Waals surface area contributed by atoms with Gasteiger partial charge >= 0.3 is 0 Å². The van der Waals surface area contributed by atoms with Crippen molar-refractivity contribution in [2.45, 2.75) is 45.7 Å². The van der Waals surface area contributed by atoms with E-state index >= 15 is 0 Å². The molecule has 0 fully saturated rings. The van der Waals surface area contributed by atoms with Crippen LogP contribution in [0.4, 0.5) is 14.5 Å². The number of anilines is 1. The highest BCUT2D eigenvalue weighted by Gasteiger charge is 2.23. The predicted molar refractivity (Wildman–Crippen MR) is 77.0 cm³/mol. The Labute approximate surface area is 122 Å². The van der Waals surface area contributed by atoms with Crippen LogP contribution in [0.2, 0.25) is 5.02 Å². The minimum Gasteiger partial charge on any atom is -0.370 e. The fourth-order valence-electron chi connectivity index (χ4n) is 1.49. The van der Waals surface area contributed by atoms with Gasteiger partial charge in [0.25, 0.3) is 0 Å². The maximum atomic E-state index is 13.6. The van der Waals surface area contributed by atoms with Crippen molar-refractivity contribution in [2.75, 3.05) is 5.32 Å². The summed E-state index contributed by atoms with van der Waals surface area (Å²) in [6, 6.07) is 1.01. The summed E-state index contributed by atoms with van der Waals surface area (Å²) >= 11 is 5.77. The average molecular weight is 305 g/mol. The lowest BCUT2D eigenvalue weighted by Crippen LogP contribution is -2.48. The monoisotopic (exact) mass is 304 g/mol. The van der Waals surface area contributed by atoms with Crippen LogP contribution >= 0.6 is 11.6 Å². The molecule has 3 nitrogen and oxygen atoms in total. The lowest BCUT2D eigenvalue weighted by Gasteiger charge is -2.27. The van der Waals surface area contributed by atoms with Crippen molar-refractivity contribution < 1.29 is 13.6 Å². The third kappa shape index (κ3) is 4.34. The van der Waals surface area contributed by atoms with Crippen molar-refractivity contribution in [2.24, 2.45) is 0 Å². The normalized spacial score (nSPS) is 12.9. The molecule has 1 aromatic rings. The van der Waals surface area contributed by atoms with E-state index in [9.17, 15) is 13.6 Å². The van der Waals surface area contributed by atoms with Gasteiger partial charge in [0.1, 0.15) is 11.9 Å². The van der Waals surface area contributed by atoms with Crippen molar-refractivity contribution in [1.29, 1.82) is 0 Å². The molecule has 0 aliphatic rings. The highest BCUT2D eigenvalue weighted by molar-refractivity contribution is 6.33. The Hall–Kier alpha value is -1.36. The molecule has 2 N–H and O–H groups in total. The lowest BCUT2D eigenvalue weighted by atomic mass is 10.0. The fraction of sp³-hybridized carbons (Fsp3) is 0.500. The molecule has 0 aromatic heterocycles. The molecule has 1 rings (SSSR count). The molecule has 6 heteroatoms. The van der Waals surface area contributed by atoms with E-state index in [0.29, 0.717) is 0 Å². The Kier molecular flexibility index (Phi) is 5.34.